The Bertz CT molecular complexity index is 336. The van der Waals surface area contributed by atoms with Gasteiger partial charge in [0.05, 0.1) is 18.2 Å². The summed E-state index contributed by atoms with van der Waals surface area (Å²) in [5, 5.41) is 10.4. The summed E-state index contributed by atoms with van der Waals surface area (Å²) in [5.74, 6) is 0. The molecule has 1 rings (SSSR count). The molecular weight excluding hydrogens is 226 g/mol. The summed E-state index contributed by atoms with van der Waals surface area (Å²) in [6.45, 7) is 6.10. The average Bonchev–Trinajstić information content (AvgIpc) is 2.16. The molecule has 0 fully saturated rings. The number of benzene rings is 1. The number of halogens is 1. The molecule has 1 atom stereocenters. The Morgan fingerprint density at radius 3 is 2.56 bits per heavy atom. The van der Waals surface area contributed by atoms with E-state index in [-0.39, 0.29) is 5.60 Å². The van der Waals surface area contributed by atoms with Crippen LogP contribution < -0.4 is 5.48 Å². The molecule has 1 unspecified atom stereocenters. The topological polar surface area (TPSA) is 41.5 Å². The van der Waals surface area contributed by atoms with Gasteiger partial charge in [-0.05, 0) is 26.8 Å². The zero-order valence-electron chi connectivity index (χ0n) is 9.83. The van der Waals surface area contributed by atoms with Crippen LogP contribution in [0.4, 0.5) is 0 Å². The van der Waals surface area contributed by atoms with Crippen LogP contribution in [0.5, 0.6) is 0 Å². The van der Waals surface area contributed by atoms with Crippen LogP contribution in [-0.2, 0) is 4.84 Å². The minimum absolute atomic E-state index is 0.278. The van der Waals surface area contributed by atoms with Crippen molar-refractivity contribution in [2.24, 2.45) is 0 Å². The van der Waals surface area contributed by atoms with Crippen molar-refractivity contribution in [1.82, 2.24) is 5.48 Å². The van der Waals surface area contributed by atoms with E-state index in [1.807, 2.05) is 32.9 Å². The lowest BCUT2D eigenvalue weighted by molar-refractivity contribution is -0.0834. The smallest absolute Gasteiger partial charge is 0.0951 e. The Balaban J connectivity index is 2.47. The maximum atomic E-state index is 9.87. The molecule has 3 nitrogen and oxygen atoms in total. The number of rotatable bonds is 4. The predicted molar refractivity (Wildman–Crippen MR) is 65.3 cm³/mol. The predicted octanol–water partition coefficient (Wildman–Crippen LogP) is 2.69. The van der Waals surface area contributed by atoms with Gasteiger partial charge >= 0.3 is 0 Å². The molecule has 1 aromatic carbocycles. The number of nitrogens with one attached hydrogen (secondary N) is 1. The lowest BCUT2D eigenvalue weighted by Crippen LogP contribution is -2.32. The van der Waals surface area contributed by atoms with Gasteiger partial charge in [-0.1, -0.05) is 29.8 Å². The Morgan fingerprint density at radius 2 is 2.00 bits per heavy atom. The van der Waals surface area contributed by atoms with Gasteiger partial charge < -0.3 is 5.11 Å². The van der Waals surface area contributed by atoms with Crippen molar-refractivity contribution in [1.29, 1.82) is 0 Å². The molecular formula is C12H18ClNO2. The second-order valence-corrected chi connectivity index (χ2v) is 5.01. The molecule has 90 valence electrons. The summed E-state index contributed by atoms with van der Waals surface area (Å²) in [6.07, 6.45) is -0.670. The van der Waals surface area contributed by atoms with Crippen molar-refractivity contribution in [3.05, 3.63) is 34.9 Å². The maximum Gasteiger partial charge on any atom is 0.0951 e. The van der Waals surface area contributed by atoms with Gasteiger partial charge in [-0.25, -0.2) is 0 Å². The maximum absolute atomic E-state index is 9.87. The average molecular weight is 244 g/mol. The monoisotopic (exact) mass is 243 g/mol. The fourth-order valence-corrected chi connectivity index (χ4v) is 1.45. The highest BCUT2D eigenvalue weighted by molar-refractivity contribution is 6.31. The van der Waals surface area contributed by atoms with E-state index in [9.17, 15) is 5.11 Å². The van der Waals surface area contributed by atoms with Crippen molar-refractivity contribution >= 4 is 11.6 Å². The lowest BCUT2D eigenvalue weighted by atomic mass is 10.1. The minimum atomic E-state index is -0.670. The van der Waals surface area contributed by atoms with Crippen molar-refractivity contribution in [2.75, 3.05) is 6.54 Å². The summed E-state index contributed by atoms with van der Waals surface area (Å²) in [4.78, 5) is 5.31. The van der Waals surface area contributed by atoms with E-state index in [4.69, 9.17) is 16.4 Å². The first-order valence-electron chi connectivity index (χ1n) is 5.23. The number of aliphatic hydroxyl groups is 1. The second kappa shape index (κ2) is 5.64. The molecule has 0 radical (unpaired) electrons. The molecule has 0 spiro atoms. The van der Waals surface area contributed by atoms with Gasteiger partial charge in [-0.2, -0.15) is 5.48 Å². The molecule has 0 bridgehead atoms. The van der Waals surface area contributed by atoms with E-state index < -0.39 is 6.10 Å². The third-order valence-electron chi connectivity index (χ3n) is 1.92. The van der Waals surface area contributed by atoms with Crippen molar-refractivity contribution in [2.45, 2.75) is 32.5 Å². The van der Waals surface area contributed by atoms with Gasteiger partial charge in [0.2, 0.25) is 0 Å². The Labute approximate surface area is 101 Å². The number of hydrogen-bond donors (Lipinski definition) is 2. The Hall–Kier alpha value is -0.610. The molecule has 4 heteroatoms. The zero-order chi connectivity index (χ0) is 12.2. The van der Waals surface area contributed by atoms with E-state index in [2.05, 4.69) is 5.48 Å². The van der Waals surface area contributed by atoms with Gasteiger partial charge in [-0.3, -0.25) is 4.84 Å². The third-order valence-corrected chi connectivity index (χ3v) is 2.26. The molecule has 0 aliphatic carbocycles. The number of hydroxylamine groups is 1. The summed E-state index contributed by atoms with van der Waals surface area (Å²) in [7, 11) is 0. The van der Waals surface area contributed by atoms with E-state index in [1.54, 1.807) is 12.1 Å². The first-order chi connectivity index (χ1) is 7.40. The van der Waals surface area contributed by atoms with Crippen LogP contribution in [0.2, 0.25) is 5.02 Å². The van der Waals surface area contributed by atoms with Crippen LogP contribution in [0.25, 0.3) is 0 Å². The van der Waals surface area contributed by atoms with E-state index >= 15 is 0 Å². The summed E-state index contributed by atoms with van der Waals surface area (Å²) in [6, 6.07) is 7.23. The fraction of sp³-hybridized carbons (Fsp3) is 0.500. The van der Waals surface area contributed by atoms with Crippen LogP contribution in [0.1, 0.15) is 32.4 Å². The Morgan fingerprint density at radius 1 is 1.38 bits per heavy atom. The highest BCUT2D eigenvalue weighted by atomic mass is 35.5. The molecule has 1 aromatic rings. The normalized spacial score (nSPS) is 13.8. The third kappa shape index (κ3) is 4.49. The molecule has 0 heterocycles. The quantitative estimate of drug-likeness (QED) is 0.799. The molecule has 2 N–H and O–H groups in total. The van der Waals surface area contributed by atoms with Gasteiger partial charge in [0, 0.05) is 10.6 Å². The molecule has 0 aromatic heterocycles. The molecule has 0 saturated carbocycles. The number of aliphatic hydroxyl groups excluding tert-OH is 1. The van der Waals surface area contributed by atoms with E-state index in [1.165, 1.54) is 0 Å². The summed E-state index contributed by atoms with van der Waals surface area (Å²) in [5.41, 5.74) is 3.17. The standard InChI is InChI=1S/C12H18ClNO2/c1-12(2,3)16-14-8-11(15)9-6-4-5-7-10(9)13/h4-7,11,14-15H,8H2,1-3H3. The van der Waals surface area contributed by atoms with Crippen LogP contribution in [0.3, 0.4) is 0 Å². The molecule has 16 heavy (non-hydrogen) atoms. The molecule has 0 saturated heterocycles. The lowest BCUT2D eigenvalue weighted by Gasteiger charge is -2.21. The highest BCUT2D eigenvalue weighted by Crippen LogP contribution is 2.21. The van der Waals surface area contributed by atoms with Gasteiger partial charge in [-0.15, -0.1) is 0 Å². The minimum Gasteiger partial charge on any atom is -0.387 e. The SMILES string of the molecule is CC(C)(C)ONCC(O)c1ccccc1Cl. The first kappa shape index (κ1) is 13.5. The molecule has 0 aliphatic rings. The summed E-state index contributed by atoms with van der Waals surface area (Å²) < 4.78 is 0. The van der Waals surface area contributed by atoms with Crippen molar-refractivity contribution in [3.63, 3.8) is 0 Å². The first-order valence-corrected chi connectivity index (χ1v) is 5.61. The van der Waals surface area contributed by atoms with Gasteiger partial charge in [0.25, 0.3) is 0 Å². The van der Waals surface area contributed by atoms with E-state index in [0.29, 0.717) is 17.1 Å². The summed E-state index contributed by atoms with van der Waals surface area (Å²) >= 11 is 5.96. The zero-order valence-corrected chi connectivity index (χ0v) is 10.6. The second-order valence-electron chi connectivity index (χ2n) is 4.60. The Kier molecular flexibility index (Phi) is 4.74. The van der Waals surface area contributed by atoms with Gasteiger partial charge in [0.1, 0.15) is 0 Å². The van der Waals surface area contributed by atoms with Crippen LogP contribution >= 0.6 is 11.6 Å². The largest absolute Gasteiger partial charge is 0.387 e. The van der Waals surface area contributed by atoms with Crippen LogP contribution in [0, 0.1) is 0 Å². The van der Waals surface area contributed by atoms with Crippen LogP contribution in [-0.4, -0.2) is 17.3 Å². The van der Waals surface area contributed by atoms with Crippen molar-refractivity contribution < 1.29 is 9.94 Å². The molecule has 0 amide bonds. The number of hydrogen-bond acceptors (Lipinski definition) is 3. The van der Waals surface area contributed by atoms with Crippen molar-refractivity contribution in [3.8, 4) is 0 Å². The van der Waals surface area contributed by atoms with Gasteiger partial charge in [0.15, 0.2) is 0 Å². The fourth-order valence-electron chi connectivity index (χ4n) is 1.19. The van der Waals surface area contributed by atoms with E-state index in [0.717, 1.165) is 0 Å². The highest BCUT2D eigenvalue weighted by Gasteiger charge is 2.14. The molecule has 0 aliphatic heterocycles. The van der Waals surface area contributed by atoms with Crippen LogP contribution in [0.15, 0.2) is 24.3 Å².